The Bertz CT molecular complexity index is 761. The fraction of sp³-hybridized carbons (Fsp3) is 0.500. The minimum Gasteiger partial charge on any atom is -0.543 e. The molecule has 5 heteroatoms. The summed E-state index contributed by atoms with van der Waals surface area (Å²) in [5, 5.41) is 9.67. The normalized spacial score (nSPS) is 16.7. The molecule has 1 aliphatic rings. The van der Waals surface area contributed by atoms with Gasteiger partial charge in [-0.25, -0.2) is 0 Å². The van der Waals surface area contributed by atoms with Crippen LogP contribution in [0.4, 0.5) is 0 Å². The van der Waals surface area contributed by atoms with Crippen LogP contribution in [0.5, 0.6) is 5.75 Å². The largest absolute Gasteiger partial charge is 0.543 e. The predicted octanol–water partition coefficient (Wildman–Crippen LogP) is 5.69. The van der Waals surface area contributed by atoms with E-state index in [2.05, 4.69) is 39.9 Å². The molecule has 0 heterocycles. The van der Waals surface area contributed by atoms with Crippen LogP contribution in [0.1, 0.15) is 39.2 Å². The highest BCUT2D eigenvalue weighted by Crippen LogP contribution is 2.45. The van der Waals surface area contributed by atoms with E-state index in [1.165, 1.54) is 0 Å². The maximum absolute atomic E-state index is 9.59. The van der Waals surface area contributed by atoms with Crippen LogP contribution in [-0.4, -0.2) is 22.5 Å². The molecule has 0 atom stereocenters. The maximum Gasteiger partial charge on any atom is 0.250 e. The van der Waals surface area contributed by atoms with Gasteiger partial charge in [0.1, 0.15) is 17.3 Å². The van der Waals surface area contributed by atoms with E-state index in [1.807, 2.05) is 36.4 Å². The molecular weight excluding hydrogens is 354 g/mol. The maximum atomic E-state index is 9.59. The zero-order chi connectivity index (χ0) is 20.3. The van der Waals surface area contributed by atoms with Crippen molar-refractivity contribution in [1.29, 1.82) is 5.26 Å². The Kier molecular flexibility index (Phi) is 6.11. The van der Waals surface area contributed by atoms with Crippen LogP contribution in [0.15, 0.2) is 47.9 Å². The molecule has 0 unspecified atom stereocenters. The molecule has 1 aromatic rings. The molecule has 0 radical (unpaired) electrons. The summed E-state index contributed by atoms with van der Waals surface area (Å²) < 4.78 is 17.7. The van der Waals surface area contributed by atoms with Crippen LogP contribution >= 0.6 is 0 Å². The average molecular weight is 386 g/mol. The van der Waals surface area contributed by atoms with Gasteiger partial charge in [-0.2, -0.15) is 5.26 Å². The van der Waals surface area contributed by atoms with Gasteiger partial charge in [-0.05, 0) is 36.4 Å². The second kappa shape index (κ2) is 7.81. The number of nitriles is 1. The summed E-state index contributed by atoms with van der Waals surface area (Å²) >= 11 is 0. The molecule has 0 bridgehead atoms. The van der Waals surface area contributed by atoms with E-state index >= 15 is 0 Å². The van der Waals surface area contributed by atoms with E-state index in [1.54, 1.807) is 14.2 Å². The van der Waals surface area contributed by atoms with Crippen molar-refractivity contribution in [3.63, 3.8) is 0 Å². The fourth-order valence-corrected chi connectivity index (χ4v) is 4.04. The monoisotopic (exact) mass is 385 g/mol. The minimum atomic E-state index is -2.03. The highest BCUT2D eigenvalue weighted by molar-refractivity contribution is 6.74. The first-order chi connectivity index (χ1) is 12.6. The second-order valence-corrected chi connectivity index (χ2v) is 13.3. The first-order valence-electron chi connectivity index (χ1n) is 9.25. The molecule has 0 fully saturated rings. The Balaban J connectivity index is 2.63. The predicted molar refractivity (Wildman–Crippen MR) is 111 cm³/mol. The number of allylic oxidation sites excluding steroid dienone is 2. The van der Waals surface area contributed by atoms with Crippen molar-refractivity contribution in [3.8, 4) is 11.8 Å². The number of nitrogens with zero attached hydrogens (tertiary/aromatic N) is 1. The standard InChI is InChI=1S/C22H31NO3Si/c1-21(2,3)27(6,7)26-20-11-9-8-10-19(20)22(12-13-23)15-17(24-4)14-18(16-22)25-5/h8-11,15-16H,12,14H2,1-7H3. The van der Waals surface area contributed by atoms with Crippen molar-refractivity contribution in [3.05, 3.63) is 53.5 Å². The van der Waals surface area contributed by atoms with Crippen molar-refractivity contribution in [2.24, 2.45) is 0 Å². The lowest BCUT2D eigenvalue weighted by atomic mass is 9.74. The molecule has 0 aromatic heterocycles. The second-order valence-electron chi connectivity index (χ2n) is 8.54. The lowest BCUT2D eigenvalue weighted by Gasteiger charge is -2.39. The third-order valence-corrected chi connectivity index (χ3v) is 9.98. The lowest BCUT2D eigenvalue weighted by Crippen LogP contribution is -2.44. The Morgan fingerprint density at radius 1 is 1.07 bits per heavy atom. The van der Waals surface area contributed by atoms with Gasteiger partial charge >= 0.3 is 0 Å². The molecule has 27 heavy (non-hydrogen) atoms. The SMILES string of the molecule is COC1=CC(CC#N)(c2ccccc2O[Si](C)(C)C(C)(C)C)C=C(OC)C1. The molecule has 0 saturated carbocycles. The van der Waals surface area contributed by atoms with Gasteiger partial charge in [-0.15, -0.1) is 0 Å². The summed E-state index contributed by atoms with van der Waals surface area (Å²) in [6, 6.07) is 10.4. The molecule has 0 N–H and O–H groups in total. The molecule has 0 saturated heterocycles. The number of rotatable bonds is 6. The quantitative estimate of drug-likeness (QED) is 0.591. The number of benzene rings is 1. The van der Waals surface area contributed by atoms with E-state index < -0.39 is 13.7 Å². The van der Waals surface area contributed by atoms with Gasteiger partial charge in [0.05, 0.1) is 38.5 Å². The number of ether oxygens (including phenoxy) is 2. The highest BCUT2D eigenvalue weighted by atomic mass is 28.4. The third-order valence-electron chi connectivity index (χ3n) is 5.64. The van der Waals surface area contributed by atoms with E-state index in [0.29, 0.717) is 6.42 Å². The Morgan fingerprint density at radius 2 is 1.63 bits per heavy atom. The van der Waals surface area contributed by atoms with Crippen molar-refractivity contribution >= 4 is 8.32 Å². The van der Waals surface area contributed by atoms with Crippen LogP contribution in [0.2, 0.25) is 18.1 Å². The summed E-state index contributed by atoms with van der Waals surface area (Å²) in [4.78, 5) is 0. The first kappa shape index (κ1) is 21.1. The van der Waals surface area contributed by atoms with Crippen molar-refractivity contribution in [2.75, 3.05) is 14.2 Å². The van der Waals surface area contributed by atoms with E-state index in [-0.39, 0.29) is 11.5 Å². The third kappa shape index (κ3) is 4.39. The van der Waals surface area contributed by atoms with E-state index in [4.69, 9.17) is 13.9 Å². The highest BCUT2D eigenvalue weighted by Gasteiger charge is 2.41. The molecular formula is C22H31NO3Si. The molecule has 0 aliphatic heterocycles. The Hall–Kier alpha value is -2.19. The fourth-order valence-electron chi connectivity index (χ4n) is 3.00. The number of hydrogen-bond donors (Lipinski definition) is 0. The molecule has 2 rings (SSSR count). The summed E-state index contributed by atoms with van der Waals surface area (Å²) in [6.45, 7) is 11.1. The van der Waals surface area contributed by atoms with Gasteiger partial charge in [0.15, 0.2) is 0 Å². The van der Waals surface area contributed by atoms with Gasteiger partial charge in [0, 0.05) is 5.56 Å². The van der Waals surface area contributed by atoms with Gasteiger partial charge in [-0.1, -0.05) is 39.0 Å². The summed E-state index contributed by atoms with van der Waals surface area (Å²) in [5.41, 5.74) is 0.336. The Labute approximate surface area is 164 Å². The first-order valence-corrected chi connectivity index (χ1v) is 12.2. The molecule has 4 nitrogen and oxygen atoms in total. The van der Waals surface area contributed by atoms with Crippen LogP contribution in [0.25, 0.3) is 0 Å². The minimum absolute atomic E-state index is 0.0795. The van der Waals surface area contributed by atoms with Crippen molar-refractivity contribution in [2.45, 2.75) is 57.2 Å². The number of methoxy groups -OCH3 is 2. The van der Waals surface area contributed by atoms with Crippen LogP contribution < -0.4 is 4.43 Å². The Morgan fingerprint density at radius 3 is 2.11 bits per heavy atom. The van der Waals surface area contributed by atoms with Crippen LogP contribution in [0, 0.1) is 11.3 Å². The zero-order valence-corrected chi connectivity index (χ0v) is 18.6. The van der Waals surface area contributed by atoms with E-state index in [9.17, 15) is 5.26 Å². The lowest BCUT2D eigenvalue weighted by molar-refractivity contribution is 0.226. The van der Waals surface area contributed by atoms with Crippen molar-refractivity contribution in [1.82, 2.24) is 0 Å². The van der Waals surface area contributed by atoms with Gasteiger partial charge in [0.2, 0.25) is 8.32 Å². The van der Waals surface area contributed by atoms with Gasteiger partial charge in [0.25, 0.3) is 0 Å². The molecule has 146 valence electrons. The van der Waals surface area contributed by atoms with Crippen molar-refractivity contribution < 1.29 is 13.9 Å². The molecule has 0 amide bonds. The summed E-state index contributed by atoms with van der Waals surface area (Å²) in [7, 11) is 1.27. The number of para-hydroxylation sites is 1. The number of hydrogen-bond acceptors (Lipinski definition) is 4. The summed E-state index contributed by atoms with van der Waals surface area (Å²) in [6.07, 6.45) is 4.94. The van der Waals surface area contributed by atoms with Crippen LogP contribution in [0.3, 0.4) is 0 Å². The molecule has 1 aliphatic carbocycles. The average Bonchev–Trinajstić information content (AvgIpc) is 2.60. The molecule has 1 aromatic carbocycles. The molecule has 0 spiro atoms. The van der Waals surface area contributed by atoms with E-state index in [0.717, 1.165) is 22.8 Å². The van der Waals surface area contributed by atoms with Gasteiger partial charge < -0.3 is 13.9 Å². The topological polar surface area (TPSA) is 51.5 Å². The van der Waals surface area contributed by atoms with Crippen LogP contribution in [-0.2, 0) is 14.9 Å². The van der Waals surface area contributed by atoms with Gasteiger partial charge in [-0.3, -0.25) is 0 Å². The zero-order valence-electron chi connectivity index (χ0n) is 17.6. The summed E-state index contributed by atoms with van der Waals surface area (Å²) in [5.74, 6) is 2.43. The smallest absolute Gasteiger partial charge is 0.250 e.